The van der Waals surface area contributed by atoms with Gasteiger partial charge in [-0.25, -0.2) is 0 Å². The van der Waals surface area contributed by atoms with E-state index in [2.05, 4.69) is 0 Å². The summed E-state index contributed by atoms with van der Waals surface area (Å²) in [6.07, 6.45) is 0. The molecule has 0 heterocycles. The van der Waals surface area contributed by atoms with Crippen molar-refractivity contribution in [3.8, 4) is 0 Å². The number of rotatable bonds is 2. The molecule has 0 spiro atoms. The molecule has 0 saturated carbocycles. The van der Waals surface area contributed by atoms with E-state index in [0.29, 0.717) is 0 Å². The molecule has 0 radical (unpaired) electrons. The summed E-state index contributed by atoms with van der Waals surface area (Å²) < 4.78 is 0. The molecule has 0 aliphatic rings. The number of hydrogen-bond acceptors (Lipinski definition) is 2. The molecule has 11 heavy (non-hydrogen) atoms. The lowest BCUT2D eigenvalue weighted by Crippen LogP contribution is -2.07. The molecule has 0 unspecified atom stereocenters. The van der Waals surface area contributed by atoms with Crippen LogP contribution in [-0.2, 0) is 6.61 Å². The Kier molecular flexibility index (Phi) is 2.63. The van der Waals surface area contributed by atoms with Crippen LogP contribution in [0.2, 0.25) is 0 Å². The van der Waals surface area contributed by atoms with Crippen molar-refractivity contribution >= 4 is 0 Å². The summed E-state index contributed by atoms with van der Waals surface area (Å²) in [4.78, 5) is 0. The molecule has 1 aromatic carbocycles. The molecule has 0 bridgehead atoms. The van der Waals surface area contributed by atoms with Gasteiger partial charge in [0.2, 0.25) is 0 Å². The highest BCUT2D eigenvalue weighted by atomic mass is 16.3. The van der Waals surface area contributed by atoms with Crippen molar-refractivity contribution in [2.75, 3.05) is 0 Å². The van der Waals surface area contributed by atoms with Gasteiger partial charge in [0.05, 0.1) is 6.61 Å². The number of nitrogens with two attached hydrogens (primary N) is 1. The monoisotopic (exact) mass is 151 g/mol. The first-order chi connectivity index (χ1) is 5.25. The van der Waals surface area contributed by atoms with Gasteiger partial charge in [-0.15, -0.1) is 0 Å². The smallest absolute Gasteiger partial charge is 0.0685 e. The van der Waals surface area contributed by atoms with E-state index in [1.165, 1.54) is 0 Å². The number of aliphatic hydroxyl groups is 1. The SMILES string of the molecule is C[C@@H](N)c1ccccc1CO. The summed E-state index contributed by atoms with van der Waals surface area (Å²) in [5.74, 6) is 0. The van der Waals surface area contributed by atoms with Crippen LogP contribution in [0.5, 0.6) is 0 Å². The fourth-order valence-corrected chi connectivity index (χ4v) is 1.12. The van der Waals surface area contributed by atoms with Crippen molar-refractivity contribution in [1.82, 2.24) is 0 Å². The molecule has 0 aromatic heterocycles. The minimum atomic E-state index is -0.00153. The Bertz CT molecular complexity index is 233. The predicted molar refractivity (Wildman–Crippen MR) is 45.0 cm³/mol. The summed E-state index contributed by atoms with van der Waals surface area (Å²) in [6.45, 7) is 1.98. The summed E-state index contributed by atoms with van der Waals surface area (Å²) in [5.41, 5.74) is 7.62. The number of aliphatic hydroxyl groups excluding tert-OH is 1. The van der Waals surface area contributed by atoms with Gasteiger partial charge in [-0.2, -0.15) is 0 Å². The molecular formula is C9H13NO. The van der Waals surface area contributed by atoms with Crippen LogP contribution >= 0.6 is 0 Å². The molecule has 2 heteroatoms. The summed E-state index contributed by atoms with van der Waals surface area (Å²) in [6, 6.07) is 7.66. The molecule has 0 aliphatic carbocycles. The van der Waals surface area contributed by atoms with Crippen LogP contribution in [0.25, 0.3) is 0 Å². The first-order valence-corrected chi connectivity index (χ1v) is 3.70. The van der Waals surface area contributed by atoms with Crippen molar-refractivity contribution in [2.24, 2.45) is 5.73 Å². The minimum Gasteiger partial charge on any atom is -0.392 e. The predicted octanol–water partition coefficient (Wildman–Crippen LogP) is 1.20. The highest BCUT2D eigenvalue weighted by Crippen LogP contribution is 2.14. The fraction of sp³-hybridized carbons (Fsp3) is 0.333. The van der Waals surface area contributed by atoms with Crippen molar-refractivity contribution in [1.29, 1.82) is 0 Å². The highest BCUT2D eigenvalue weighted by Gasteiger charge is 2.03. The molecule has 3 N–H and O–H groups in total. The van der Waals surface area contributed by atoms with E-state index in [4.69, 9.17) is 10.8 Å². The Morgan fingerprint density at radius 3 is 2.55 bits per heavy atom. The fourth-order valence-electron chi connectivity index (χ4n) is 1.12. The van der Waals surface area contributed by atoms with Gasteiger partial charge in [0.1, 0.15) is 0 Å². The third-order valence-electron chi connectivity index (χ3n) is 1.72. The zero-order chi connectivity index (χ0) is 8.27. The van der Waals surface area contributed by atoms with Crippen molar-refractivity contribution in [3.05, 3.63) is 35.4 Å². The third-order valence-corrected chi connectivity index (χ3v) is 1.72. The lowest BCUT2D eigenvalue weighted by atomic mass is 10.0. The summed E-state index contributed by atoms with van der Waals surface area (Å²) in [7, 11) is 0. The second kappa shape index (κ2) is 3.51. The maximum atomic E-state index is 8.91. The molecule has 0 aliphatic heterocycles. The van der Waals surface area contributed by atoms with E-state index in [0.717, 1.165) is 11.1 Å². The molecule has 60 valence electrons. The van der Waals surface area contributed by atoms with Gasteiger partial charge in [0.15, 0.2) is 0 Å². The van der Waals surface area contributed by atoms with Gasteiger partial charge in [-0.1, -0.05) is 24.3 Å². The lowest BCUT2D eigenvalue weighted by molar-refractivity contribution is 0.280. The van der Waals surface area contributed by atoms with Crippen LogP contribution in [0.1, 0.15) is 24.1 Å². The van der Waals surface area contributed by atoms with Gasteiger partial charge >= 0.3 is 0 Å². The Morgan fingerprint density at radius 1 is 1.45 bits per heavy atom. The van der Waals surface area contributed by atoms with E-state index in [1.54, 1.807) is 0 Å². The Labute approximate surface area is 66.7 Å². The third kappa shape index (κ3) is 1.79. The second-order valence-corrected chi connectivity index (χ2v) is 2.65. The Hall–Kier alpha value is -0.860. The van der Waals surface area contributed by atoms with E-state index in [9.17, 15) is 0 Å². The molecule has 1 atom stereocenters. The topological polar surface area (TPSA) is 46.2 Å². The lowest BCUT2D eigenvalue weighted by Gasteiger charge is -2.09. The molecule has 0 amide bonds. The first kappa shape index (κ1) is 8.24. The van der Waals surface area contributed by atoms with Gasteiger partial charge < -0.3 is 10.8 Å². The van der Waals surface area contributed by atoms with Gasteiger partial charge in [-0.05, 0) is 18.1 Å². The maximum absolute atomic E-state index is 8.91. The van der Waals surface area contributed by atoms with Gasteiger partial charge in [0.25, 0.3) is 0 Å². The van der Waals surface area contributed by atoms with Crippen LogP contribution in [0, 0.1) is 0 Å². The zero-order valence-corrected chi connectivity index (χ0v) is 6.62. The molecule has 0 saturated heterocycles. The van der Waals surface area contributed by atoms with E-state index in [-0.39, 0.29) is 12.6 Å². The Balaban J connectivity index is 3.02. The molecular weight excluding hydrogens is 138 g/mol. The quantitative estimate of drug-likeness (QED) is 0.667. The minimum absolute atomic E-state index is 0.00153. The van der Waals surface area contributed by atoms with Gasteiger partial charge in [-0.3, -0.25) is 0 Å². The molecule has 1 rings (SSSR count). The van der Waals surface area contributed by atoms with Crippen molar-refractivity contribution in [2.45, 2.75) is 19.6 Å². The largest absolute Gasteiger partial charge is 0.392 e. The second-order valence-electron chi connectivity index (χ2n) is 2.65. The molecule has 1 aromatic rings. The van der Waals surface area contributed by atoms with Crippen LogP contribution in [0.15, 0.2) is 24.3 Å². The van der Waals surface area contributed by atoms with E-state index < -0.39 is 0 Å². The van der Waals surface area contributed by atoms with Crippen LogP contribution in [0.4, 0.5) is 0 Å². The highest BCUT2D eigenvalue weighted by molar-refractivity contribution is 5.28. The average Bonchev–Trinajstić information content (AvgIpc) is 2.04. The maximum Gasteiger partial charge on any atom is 0.0685 e. The average molecular weight is 151 g/mol. The normalized spacial score (nSPS) is 13.0. The molecule has 0 fully saturated rings. The van der Waals surface area contributed by atoms with Crippen LogP contribution < -0.4 is 5.73 Å². The molecule has 2 nitrogen and oxygen atoms in total. The summed E-state index contributed by atoms with van der Waals surface area (Å²) in [5, 5.41) is 8.91. The standard InChI is InChI=1S/C9H13NO/c1-7(10)9-5-3-2-4-8(9)6-11/h2-5,7,11H,6,10H2,1H3/t7-/m1/s1. The van der Waals surface area contributed by atoms with Crippen molar-refractivity contribution in [3.63, 3.8) is 0 Å². The van der Waals surface area contributed by atoms with Crippen molar-refractivity contribution < 1.29 is 5.11 Å². The Morgan fingerprint density at radius 2 is 2.09 bits per heavy atom. The van der Waals surface area contributed by atoms with E-state index >= 15 is 0 Å². The van der Waals surface area contributed by atoms with Gasteiger partial charge in [0, 0.05) is 6.04 Å². The zero-order valence-electron chi connectivity index (χ0n) is 6.62. The van der Waals surface area contributed by atoms with Crippen LogP contribution in [0.3, 0.4) is 0 Å². The van der Waals surface area contributed by atoms with Crippen LogP contribution in [-0.4, -0.2) is 5.11 Å². The van der Waals surface area contributed by atoms with E-state index in [1.807, 2.05) is 31.2 Å². The number of benzene rings is 1. The number of hydrogen-bond donors (Lipinski definition) is 2. The summed E-state index contributed by atoms with van der Waals surface area (Å²) >= 11 is 0. The first-order valence-electron chi connectivity index (χ1n) is 3.70.